The zero-order valence-electron chi connectivity index (χ0n) is 8.65. The highest BCUT2D eigenvalue weighted by Gasteiger charge is 2.13. The van der Waals surface area contributed by atoms with Crippen LogP contribution in [0.3, 0.4) is 0 Å². The third-order valence-corrected chi connectivity index (χ3v) is 2.23. The number of aromatic nitrogens is 2. The van der Waals surface area contributed by atoms with Crippen LogP contribution < -0.4 is 0 Å². The minimum atomic E-state index is -0.482. The highest BCUT2D eigenvalue weighted by molar-refractivity contribution is 7.98. The Morgan fingerprint density at radius 3 is 2.73 bits per heavy atom. The molecule has 15 heavy (non-hydrogen) atoms. The maximum absolute atomic E-state index is 11.5. The Kier molecular flexibility index (Phi) is 4.35. The van der Waals surface area contributed by atoms with E-state index < -0.39 is 5.97 Å². The first-order valence-corrected chi connectivity index (χ1v) is 5.92. The van der Waals surface area contributed by atoms with Gasteiger partial charge in [-0.05, 0) is 31.7 Å². The Labute approximate surface area is 97.4 Å². The zero-order valence-corrected chi connectivity index (χ0v) is 10.2. The van der Waals surface area contributed by atoms with Gasteiger partial charge in [0.2, 0.25) is 5.28 Å². The van der Waals surface area contributed by atoms with E-state index in [0.29, 0.717) is 5.03 Å². The molecule has 0 aliphatic rings. The third-order valence-electron chi connectivity index (χ3n) is 1.44. The van der Waals surface area contributed by atoms with E-state index in [4.69, 9.17) is 16.3 Å². The molecule has 0 aliphatic carbocycles. The average molecular weight is 247 g/mol. The largest absolute Gasteiger partial charge is 0.458 e. The summed E-state index contributed by atoms with van der Waals surface area (Å²) in [5.41, 5.74) is 0.188. The summed E-state index contributed by atoms with van der Waals surface area (Å²) in [6.07, 6.45) is 1.67. The first-order valence-electron chi connectivity index (χ1n) is 4.32. The van der Waals surface area contributed by atoms with Crippen molar-refractivity contribution in [1.29, 1.82) is 0 Å². The molecular formula is C9H11ClN2O2S. The van der Waals surface area contributed by atoms with Crippen LogP contribution >= 0.6 is 23.4 Å². The highest BCUT2D eigenvalue weighted by Crippen LogP contribution is 2.15. The monoisotopic (exact) mass is 246 g/mol. The maximum Gasteiger partial charge on any atom is 0.357 e. The number of ether oxygens (including phenoxy) is 1. The Morgan fingerprint density at radius 2 is 2.20 bits per heavy atom. The van der Waals surface area contributed by atoms with E-state index >= 15 is 0 Å². The predicted molar refractivity (Wildman–Crippen MR) is 59.4 cm³/mol. The van der Waals surface area contributed by atoms with Crippen LogP contribution in [0.25, 0.3) is 0 Å². The molecule has 0 aliphatic heterocycles. The summed E-state index contributed by atoms with van der Waals surface area (Å²) in [5.74, 6) is -0.482. The number of carbonyl (C=O) groups is 1. The Balaban J connectivity index is 2.93. The topological polar surface area (TPSA) is 52.1 Å². The Morgan fingerprint density at radius 1 is 1.53 bits per heavy atom. The molecule has 6 heteroatoms. The molecule has 0 unspecified atom stereocenters. The number of rotatable bonds is 3. The Hall–Kier alpha value is -0.810. The van der Waals surface area contributed by atoms with Crippen LogP contribution in [-0.4, -0.2) is 28.3 Å². The number of carbonyl (C=O) groups excluding carboxylic acids is 1. The van der Waals surface area contributed by atoms with Gasteiger partial charge in [-0.15, -0.1) is 11.8 Å². The standard InChI is InChI=1S/C9H11ClN2O2S/c1-5(2)14-8(13)6-4-7(15-3)12-9(10)11-6/h4-5H,1-3H3. The van der Waals surface area contributed by atoms with Crippen molar-refractivity contribution >= 4 is 29.3 Å². The van der Waals surface area contributed by atoms with E-state index in [2.05, 4.69) is 9.97 Å². The second-order valence-corrected chi connectivity index (χ2v) is 4.18. The van der Waals surface area contributed by atoms with Gasteiger partial charge >= 0.3 is 5.97 Å². The number of esters is 1. The fourth-order valence-electron chi connectivity index (χ4n) is 0.880. The molecule has 0 N–H and O–H groups in total. The summed E-state index contributed by atoms with van der Waals surface area (Å²) in [4.78, 5) is 19.2. The van der Waals surface area contributed by atoms with Crippen LogP contribution in [0.2, 0.25) is 5.28 Å². The van der Waals surface area contributed by atoms with Gasteiger partial charge < -0.3 is 4.74 Å². The second-order valence-electron chi connectivity index (χ2n) is 3.02. The molecule has 1 aromatic heterocycles. The molecule has 82 valence electrons. The number of thioether (sulfide) groups is 1. The highest BCUT2D eigenvalue weighted by atomic mass is 35.5. The molecule has 0 bridgehead atoms. The zero-order chi connectivity index (χ0) is 11.4. The summed E-state index contributed by atoms with van der Waals surface area (Å²) in [5, 5.41) is 0.697. The lowest BCUT2D eigenvalue weighted by molar-refractivity contribution is 0.0370. The maximum atomic E-state index is 11.5. The van der Waals surface area contributed by atoms with Crippen molar-refractivity contribution in [3.8, 4) is 0 Å². The van der Waals surface area contributed by atoms with Gasteiger partial charge in [0.1, 0.15) is 5.03 Å². The van der Waals surface area contributed by atoms with Crippen LogP contribution in [0.1, 0.15) is 24.3 Å². The smallest absolute Gasteiger partial charge is 0.357 e. The number of hydrogen-bond donors (Lipinski definition) is 0. The fraction of sp³-hybridized carbons (Fsp3) is 0.444. The minimum Gasteiger partial charge on any atom is -0.458 e. The van der Waals surface area contributed by atoms with Crippen molar-refractivity contribution in [3.63, 3.8) is 0 Å². The number of hydrogen-bond acceptors (Lipinski definition) is 5. The molecule has 0 aromatic carbocycles. The van der Waals surface area contributed by atoms with Gasteiger partial charge in [-0.1, -0.05) is 0 Å². The van der Waals surface area contributed by atoms with Gasteiger partial charge in [-0.2, -0.15) is 0 Å². The molecule has 4 nitrogen and oxygen atoms in total. The van der Waals surface area contributed by atoms with E-state index in [9.17, 15) is 4.79 Å². The molecule has 0 saturated heterocycles. The predicted octanol–water partition coefficient (Wildman–Crippen LogP) is 2.42. The molecule has 1 heterocycles. The molecule has 0 saturated carbocycles. The molecule has 0 atom stereocenters. The van der Waals surface area contributed by atoms with E-state index in [1.54, 1.807) is 19.9 Å². The van der Waals surface area contributed by atoms with Crippen LogP contribution in [0.5, 0.6) is 0 Å². The van der Waals surface area contributed by atoms with Gasteiger partial charge in [0, 0.05) is 6.07 Å². The van der Waals surface area contributed by atoms with Crippen LogP contribution in [-0.2, 0) is 4.74 Å². The van der Waals surface area contributed by atoms with Crippen molar-refractivity contribution < 1.29 is 9.53 Å². The number of nitrogens with zero attached hydrogens (tertiary/aromatic N) is 2. The summed E-state index contributed by atoms with van der Waals surface area (Å²) in [7, 11) is 0. The first kappa shape index (κ1) is 12.3. The van der Waals surface area contributed by atoms with Gasteiger partial charge in [0.25, 0.3) is 0 Å². The Bertz CT molecular complexity index is 371. The minimum absolute atomic E-state index is 0.0533. The van der Waals surface area contributed by atoms with E-state index in [1.807, 2.05) is 6.26 Å². The molecule has 0 fully saturated rings. The second kappa shape index (κ2) is 5.32. The van der Waals surface area contributed by atoms with Gasteiger partial charge in [-0.25, -0.2) is 14.8 Å². The lowest BCUT2D eigenvalue weighted by atomic mass is 10.4. The van der Waals surface area contributed by atoms with Gasteiger partial charge in [0.15, 0.2) is 5.69 Å². The van der Waals surface area contributed by atoms with Crippen molar-refractivity contribution in [2.75, 3.05) is 6.26 Å². The van der Waals surface area contributed by atoms with Crippen molar-refractivity contribution in [2.24, 2.45) is 0 Å². The number of halogens is 1. The summed E-state index contributed by atoms with van der Waals surface area (Å²) >= 11 is 7.06. The molecular weight excluding hydrogens is 236 g/mol. The molecule has 0 amide bonds. The lowest BCUT2D eigenvalue weighted by Crippen LogP contribution is -2.13. The van der Waals surface area contributed by atoms with Gasteiger partial charge in [-0.3, -0.25) is 0 Å². The van der Waals surface area contributed by atoms with Crippen molar-refractivity contribution in [1.82, 2.24) is 9.97 Å². The molecule has 1 aromatic rings. The van der Waals surface area contributed by atoms with E-state index in [1.165, 1.54) is 11.8 Å². The van der Waals surface area contributed by atoms with E-state index in [0.717, 1.165) is 0 Å². The normalized spacial score (nSPS) is 10.5. The van der Waals surface area contributed by atoms with Crippen LogP contribution in [0.4, 0.5) is 0 Å². The molecule has 1 rings (SSSR count). The third kappa shape index (κ3) is 3.68. The summed E-state index contributed by atoms with van der Waals surface area (Å²) in [6, 6.07) is 1.56. The molecule has 0 radical (unpaired) electrons. The van der Waals surface area contributed by atoms with Crippen molar-refractivity contribution in [3.05, 3.63) is 17.0 Å². The van der Waals surface area contributed by atoms with Crippen molar-refractivity contribution in [2.45, 2.75) is 25.0 Å². The SMILES string of the molecule is CSc1cc(C(=O)OC(C)C)nc(Cl)n1. The van der Waals surface area contributed by atoms with Gasteiger partial charge in [0.05, 0.1) is 6.10 Å². The fourth-order valence-corrected chi connectivity index (χ4v) is 1.52. The van der Waals surface area contributed by atoms with E-state index in [-0.39, 0.29) is 17.1 Å². The van der Waals surface area contributed by atoms with Crippen LogP contribution in [0, 0.1) is 0 Å². The first-order chi connectivity index (χ1) is 7.02. The average Bonchev–Trinajstić information content (AvgIpc) is 2.15. The quantitative estimate of drug-likeness (QED) is 0.355. The van der Waals surface area contributed by atoms with Crippen LogP contribution in [0.15, 0.2) is 11.1 Å². The summed E-state index contributed by atoms with van der Waals surface area (Å²) < 4.78 is 4.99. The lowest BCUT2D eigenvalue weighted by Gasteiger charge is -2.07. The summed E-state index contributed by atoms with van der Waals surface area (Å²) in [6.45, 7) is 3.55. The molecule has 0 spiro atoms.